The third-order valence-corrected chi connectivity index (χ3v) is 3.41. The van der Waals surface area contributed by atoms with Gasteiger partial charge in [0.2, 0.25) is 0 Å². The topological polar surface area (TPSA) is 50.1 Å². The molecule has 1 unspecified atom stereocenters. The van der Waals surface area contributed by atoms with Crippen LogP contribution in [0.5, 0.6) is 0 Å². The minimum absolute atomic E-state index is 0.130. The number of nitrogens with one attached hydrogen (secondary N) is 1. The molecule has 1 aliphatic rings. The summed E-state index contributed by atoms with van der Waals surface area (Å²) in [7, 11) is 0. The third-order valence-electron chi connectivity index (χ3n) is 3.41. The van der Waals surface area contributed by atoms with Crippen molar-refractivity contribution >= 4 is 0 Å². The second kappa shape index (κ2) is 4.55. The van der Waals surface area contributed by atoms with Crippen LogP contribution < -0.4 is 5.32 Å². The fourth-order valence-corrected chi connectivity index (χ4v) is 1.92. The third kappa shape index (κ3) is 2.44. The molecule has 2 N–H and O–H groups in total. The van der Waals surface area contributed by atoms with E-state index in [0.717, 1.165) is 12.2 Å². The molecule has 1 aromatic heterocycles. The maximum atomic E-state index is 9.33. The van der Waals surface area contributed by atoms with E-state index in [1.165, 1.54) is 24.1 Å². The highest BCUT2D eigenvalue weighted by Crippen LogP contribution is 2.20. The zero-order valence-electron chi connectivity index (χ0n) is 10.3. The Morgan fingerprint density at radius 1 is 1.44 bits per heavy atom. The van der Waals surface area contributed by atoms with Crippen LogP contribution in [-0.4, -0.2) is 33.6 Å². The standard InChI is InChI=1S/C12H21N3O/c1-8-9(2)14-15(10(8)3)6-12(7-16)13-11-4-5-11/h11-13,16H,4-7H2,1-3H3. The first-order chi connectivity index (χ1) is 7.61. The van der Waals surface area contributed by atoms with Crippen LogP contribution in [0.25, 0.3) is 0 Å². The second-order valence-electron chi connectivity index (χ2n) is 4.80. The Morgan fingerprint density at radius 3 is 2.56 bits per heavy atom. The Hall–Kier alpha value is -0.870. The summed E-state index contributed by atoms with van der Waals surface area (Å²) in [5, 5.41) is 17.3. The fourth-order valence-electron chi connectivity index (χ4n) is 1.92. The molecular weight excluding hydrogens is 202 g/mol. The van der Waals surface area contributed by atoms with Crippen molar-refractivity contribution in [2.45, 2.75) is 52.2 Å². The molecule has 0 aromatic carbocycles. The monoisotopic (exact) mass is 223 g/mol. The lowest BCUT2D eigenvalue weighted by atomic mass is 10.2. The molecule has 1 aliphatic carbocycles. The van der Waals surface area contributed by atoms with E-state index in [-0.39, 0.29) is 12.6 Å². The summed E-state index contributed by atoms with van der Waals surface area (Å²) in [6.07, 6.45) is 2.49. The predicted molar refractivity (Wildman–Crippen MR) is 63.5 cm³/mol. The molecule has 90 valence electrons. The lowest BCUT2D eigenvalue weighted by Gasteiger charge is -2.16. The normalized spacial score (nSPS) is 17.8. The van der Waals surface area contributed by atoms with Gasteiger partial charge in [0.25, 0.3) is 0 Å². The number of aromatic nitrogens is 2. The molecule has 0 bridgehead atoms. The highest BCUT2D eigenvalue weighted by atomic mass is 16.3. The highest BCUT2D eigenvalue weighted by molar-refractivity contribution is 5.22. The molecule has 0 aliphatic heterocycles. The summed E-state index contributed by atoms with van der Waals surface area (Å²) in [6.45, 7) is 7.14. The van der Waals surface area contributed by atoms with E-state index in [1.54, 1.807) is 0 Å². The van der Waals surface area contributed by atoms with Gasteiger partial charge in [0, 0.05) is 11.7 Å². The van der Waals surface area contributed by atoms with Crippen molar-refractivity contribution in [2.24, 2.45) is 0 Å². The van der Waals surface area contributed by atoms with Gasteiger partial charge >= 0.3 is 0 Å². The van der Waals surface area contributed by atoms with Crippen LogP contribution in [0, 0.1) is 20.8 Å². The lowest BCUT2D eigenvalue weighted by Crippen LogP contribution is -2.38. The Bertz CT molecular complexity index is 369. The smallest absolute Gasteiger partial charge is 0.0625 e. The van der Waals surface area contributed by atoms with Crippen LogP contribution in [0.1, 0.15) is 29.8 Å². The van der Waals surface area contributed by atoms with Crippen LogP contribution in [0.15, 0.2) is 0 Å². The Labute approximate surface area is 96.7 Å². The number of hydrogen-bond donors (Lipinski definition) is 2. The van der Waals surface area contributed by atoms with E-state index in [9.17, 15) is 5.11 Å². The predicted octanol–water partition coefficient (Wildman–Crippen LogP) is 0.921. The van der Waals surface area contributed by atoms with E-state index in [2.05, 4.69) is 24.3 Å². The number of aliphatic hydroxyl groups is 1. The lowest BCUT2D eigenvalue weighted by molar-refractivity contribution is 0.223. The molecule has 4 heteroatoms. The Kier molecular flexibility index (Phi) is 3.30. The molecule has 1 atom stereocenters. The van der Waals surface area contributed by atoms with Gasteiger partial charge in [-0.2, -0.15) is 5.10 Å². The zero-order valence-corrected chi connectivity index (χ0v) is 10.3. The molecular formula is C12H21N3O. The van der Waals surface area contributed by atoms with Gasteiger partial charge in [0.1, 0.15) is 0 Å². The number of nitrogens with zero attached hydrogens (tertiary/aromatic N) is 2. The van der Waals surface area contributed by atoms with Crippen LogP contribution in [0.4, 0.5) is 0 Å². The molecule has 2 rings (SSSR count). The van der Waals surface area contributed by atoms with Gasteiger partial charge < -0.3 is 10.4 Å². The van der Waals surface area contributed by atoms with E-state index >= 15 is 0 Å². The van der Waals surface area contributed by atoms with Crippen molar-refractivity contribution in [1.29, 1.82) is 0 Å². The SMILES string of the molecule is Cc1nn(CC(CO)NC2CC2)c(C)c1C. The van der Waals surface area contributed by atoms with Gasteiger partial charge in [-0.25, -0.2) is 0 Å². The van der Waals surface area contributed by atoms with Crippen molar-refractivity contribution in [3.8, 4) is 0 Å². The van der Waals surface area contributed by atoms with Gasteiger partial charge in [-0.15, -0.1) is 0 Å². The average Bonchev–Trinajstić information content (AvgIpc) is 3.04. The first kappa shape index (κ1) is 11.6. The van der Waals surface area contributed by atoms with E-state index in [4.69, 9.17) is 0 Å². The summed E-state index contributed by atoms with van der Waals surface area (Å²) in [6, 6.07) is 0.750. The summed E-state index contributed by atoms with van der Waals surface area (Å²) >= 11 is 0. The van der Waals surface area contributed by atoms with Crippen LogP contribution in [-0.2, 0) is 6.54 Å². The minimum Gasteiger partial charge on any atom is -0.395 e. The molecule has 1 saturated carbocycles. The molecule has 1 aromatic rings. The van der Waals surface area contributed by atoms with Gasteiger partial charge in [0.05, 0.1) is 24.9 Å². The van der Waals surface area contributed by atoms with Crippen LogP contribution in [0.3, 0.4) is 0 Å². The van der Waals surface area contributed by atoms with Gasteiger partial charge in [-0.1, -0.05) is 0 Å². The first-order valence-corrected chi connectivity index (χ1v) is 5.99. The van der Waals surface area contributed by atoms with Gasteiger partial charge in [-0.05, 0) is 39.2 Å². The number of rotatable bonds is 5. The average molecular weight is 223 g/mol. The van der Waals surface area contributed by atoms with E-state index in [1.807, 2.05) is 11.6 Å². The Morgan fingerprint density at radius 2 is 2.12 bits per heavy atom. The fraction of sp³-hybridized carbons (Fsp3) is 0.750. The van der Waals surface area contributed by atoms with Crippen molar-refractivity contribution < 1.29 is 5.11 Å². The zero-order chi connectivity index (χ0) is 11.7. The van der Waals surface area contributed by atoms with Crippen molar-refractivity contribution in [2.75, 3.05) is 6.61 Å². The summed E-state index contributed by atoms with van der Waals surface area (Å²) in [4.78, 5) is 0. The first-order valence-electron chi connectivity index (χ1n) is 5.99. The van der Waals surface area contributed by atoms with Gasteiger partial charge in [-0.3, -0.25) is 4.68 Å². The maximum absolute atomic E-state index is 9.33. The molecule has 1 heterocycles. The number of aryl methyl sites for hydroxylation is 1. The molecule has 0 amide bonds. The molecule has 0 saturated heterocycles. The van der Waals surface area contributed by atoms with Crippen molar-refractivity contribution in [3.05, 3.63) is 17.0 Å². The molecule has 1 fully saturated rings. The Balaban J connectivity index is 2.02. The largest absolute Gasteiger partial charge is 0.395 e. The van der Waals surface area contributed by atoms with Crippen molar-refractivity contribution in [1.82, 2.24) is 15.1 Å². The van der Waals surface area contributed by atoms with Gasteiger partial charge in [0.15, 0.2) is 0 Å². The summed E-state index contributed by atoms with van der Waals surface area (Å²) in [5.41, 5.74) is 3.54. The molecule has 0 spiro atoms. The van der Waals surface area contributed by atoms with E-state index in [0.29, 0.717) is 6.04 Å². The molecule has 4 nitrogen and oxygen atoms in total. The van der Waals surface area contributed by atoms with Crippen LogP contribution >= 0.6 is 0 Å². The summed E-state index contributed by atoms with van der Waals surface area (Å²) < 4.78 is 2.00. The van der Waals surface area contributed by atoms with E-state index < -0.39 is 0 Å². The molecule has 16 heavy (non-hydrogen) atoms. The molecule has 0 radical (unpaired) electrons. The van der Waals surface area contributed by atoms with Crippen LogP contribution in [0.2, 0.25) is 0 Å². The number of aliphatic hydroxyl groups excluding tert-OH is 1. The maximum Gasteiger partial charge on any atom is 0.0625 e. The second-order valence-corrected chi connectivity index (χ2v) is 4.80. The minimum atomic E-state index is 0.130. The van der Waals surface area contributed by atoms with Crippen molar-refractivity contribution in [3.63, 3.8) is 0 Å². The quantitative estimate of drug-likeness (QED) is 0.780. The highest BCUT2D eigenvalue weighted by Gasteiger charge is 2.24. The summed E-state index contributed by atoms with van der Waals surface area (Å²) in [5.74, 6) is 0. The number of hydrogen-bond acceptors (Lipinski definition) is 3.